The van der Waals surface area contributed by atoms with Crippen LogP contribution in [-0.2, 0) is 4.74 Å². The summed E-state index contributed by atoms with van der Waals surface area (Å²) in [7, 11) is 0. The third-order valence-corrected chi connectivity index (χ3v) is 5.81. The molecular weight excluding hydrogens is 258 g/mol. The predicted molar refractivity (Wildman–Crippen MR) is 90.6 cm³/mol. The molecule has 2 aliphatic rings. The first-order chi connectivity index (χ1) is 9.69. The van der Waals surface area contributed by atoms with E-state index < -0.39 is 0 Å². The summed E-state index contributed by atoms with van der Waals surface area (Å²) >= 11 is 0. The van der Waals surface area contributed by atoms with E-state index in [1.807, 2.05) is 0 Å². The smallest absolute Gasteiger partial charge is 0.0692 e. The van der Waals surface area contributed by atoms with Gasteiger partial charge in [0, 0.05) is 18.7 Å². The average Bonchev–Trinajstić information content (AvgIpc) is 2.35. The standard InChI is InChI=1S/C19H37NO/c1-7-19(8-2)13-15(9-10-21-19)20-16-11-17(3,4)14-18(5,6)12-16/h15-16,20H,7-14H2,1-6H3. The van der Waals surface area contributed by atoms with Crippen LogP contribution < -0.4 is 5.32 Å². The van der Waals surface area contributed by atoms with Gasteiger partial charge >= 0.3 is 0 Å². The van der Waals surface area contributed by atoms with Crippen molar-refractivity contribution in [3.63, 3.8) is 0 Å². The molecule has 0 aromatic heterocycles. The van der Waals surface area contributed by atoms with Gasteiger partial charge in [0.1, 0.15) is 0 Å². The van der Waals surface area contributed by atoms with Gasteiger partial charge in [0.15, 0.2) is 0 Å². The zero-order chi connectivity index (χ0) is 15.7. The largest absolute Gasteiger partial charge is 0.375 e. The summed E-state index contributed by atoms with van der Waals surface area (Å²) in [6, 6.07) is 1.33. The van der Waals surface area contributed by atoms with Crippen molar-refractivity contribution in [2.24, 2.45) is 10.8 Å². The second-order valence-corrected chi connectivity index (χ2v) is 9.21. The van der Waals surface area contributed by atoms with Gasteiger partial charge in [-0.3, -0.25) is 0 Å². The Kier molecular flexibility index (Phi) is 5.10. The van der Waals surface area contributed by atoms with E-state index in [0.29, 0.717) is 22.9 Å². The van der Waals surface area contributed by atoms with E-state index in [1.54, 1.807) is 0 Å². The summed E-state index contributed by atoms with van der Waals surface area (Å²) in [5.74, 6) is 0. The van der Waals surface area contributed by atoms with Crippen LogP contribution in [0.4, 0.5) is 0 Å². The molecule has 1 saturated heterocycles. The first-order valence-electron chi connectivity index (χ1n) is 9.09. The van der Waals surface area contributed by atoms with Crippen LogP contribution in [0.15, 0.2) is 0 Å². The number of ether oxygens (including phenoxy) is 1. The second kappa shape index (κ2) is 6.20. The van der Waals surface area contributed by atoms with Crippen molar-refractivity contribution in [3.05, 3.63) is 0 Å². The molecule has 1 atom stereocenters. The lowest BCUT2D eigenvalue weighted by Gasteiger charge is -2.48. The summed E-state index contributed by atoms with van der Waals surface area (Å²) in [5, 5.41) is 4.01. The lowest BCUT2D eigenvalue weighted by atomic mass is 9.63. The fraction of sp³-hybridized carbons (Fsp3) is 1.00. The molecule has 0 aromatic carbocycles. The maximum atomic E-state index is 6.13. The van der Waals surface area contributed by atoms with Crippen LogP contribution in [0.5, 0.6) is 0 Å². The molecule has 1 N–H and O–H groups in total. The highest BCUT2D eigenvalue weighted by Crippen LogP contribution is 2.46. The minimum absolute atomic E-state index is 0.135. The van der Waals surface area contributed by atoms with Gasteiger partial charge in [-0.25, -0.2) is 0 Å². The molecule has 0 spiro atoms. The molecule has 1 aliphatic carbocycles. The van der Waals surface area contributed by atoms with Crippen molar-refractivity contribution in [2.75, 3.05) is 6.61 Å². The zero-order valence-corrected chi connectivity index (χ0v) is 15.2. The normalized spacial score (nSPS) is 32.0. The maximum Gasteiger partial charge on any atom is 0.0692 e. The molecule has 0 amide bonds. The molecule has 1 heterocycles. The van der Waals surface area contributed by atoms with Crippen LogP contribution in [0.3, 0.4) is 0 Å². The van der Waals surface area contributed by atoms with Crippen molar-refractivity contribution in [1.82, 2.24) is 5.32 Å². The Labute approximate surface area is 132 Å². The molecule has 0 aromatic rings. The Hall–Kier alpha value is -0.0800. The molecule has 0 radical (unpaired) electrons. The summed E-state index contributed by atoms with van der Waals surface area (Å²) in [6.07, 6.45) is 8.64. The first kappa shape index (κ1) is 17.3. The minimum atomic E-state index is 0.135. The molecule has 2 heteroatoms. The van der Waals surface area contributed by atoms with Gasteiger partial charge in [0.05, 0.1) is 5.60 Å². The Balaban J connectivity index is 1.97. The van der Waals surface area contributed by atoms with Gasteiger partial charge in [-0.1, -0.05) is 41.5 Å². The van der Waals surface area contributed by atoms with E-state index in [0.717, 1.165) is 19.4 Å². The van der Waals surface area contributed by atoms with Crippen molar-refractivity contribution in [1.29, 1.82) is 0 Å². The van der Waals surface area contributed by atoms with E-state index in [9.17, 15) is 0 Å². The molecule has 1 saturated carbocycles. The molecule has 2 rings (SSSR count). The molecule has 1 aliphatic heterocycles. The zero-order valence-electron chi connectivity index (χ0n) is 15.2. The van der Waals surface area contributed by atoms with E-state index >= 15 is 0 Å². The molecular formula is C19H37NO. The highest BCUT2D eigenvalue weighted by Gasteiger charge is 2.40. The van der Waals surface area contributed by atoms with Gasteiger partial charge in [0.25, 0.3) is 0 Å². The molecule has 2 nitrogen and oxygen atoms in total. The number of nitrogens with one attached hydrogen (secondary N) is 1. The topological polar surface area (TPSA) is 21.3 Å². The molecule has 1 unspecified atom stereocenters. The quantitative estimate of drug-likeness (QED) is 0.795. The highest BCUT2D eigenvalue weighted by molar-refractivity contribution is 4.95. The maximum absolute atomic E-state index is 6.13. The Morgan fingerprint density at radius 2 is 1.48 bits per heavy atom. The monoisotopic (exact) mass is 295 g/mol. The van der Waals surface area contributed by atoms with Crippen LogP contribution in [0.2, 0.25) is 0 Å². The van der Waals surface area contributed by atoms with Crippen molar-refractivity contribution < 1.29 is 4.74 Å². The van der Waals surface area contributed by atoms with Gasteiger partial charge in [0.2, 0.25) is 0 Å². The third-order valence-electron chi connectivity index (χ3n) is 5.81. The average molecular weight is 296 g/mol. The molecule has 2 fully saturated rings. The highest BCUT2D eigenvalue weighted by atomic mass is 16.5. The first-order valence-corrected chi connectivity index (χ1v) is 9.09. The summed E-state index contributed by atoms with van der Waals surface area (Å²) in [5.41, 5.74) is 1.07. The fourth-order valence-electron chi connectivity index (χ4n) is 5.21. The summed E-state index contributed by atoms with van der Waals surface area (Å²) < 4.78 is 6.13. The van der Waals surface area contributed by atoms with Gasteiger partial charge in [-0.05, 0) is 55.8 Å². The Morgan fingerprint density at radius 1 is 0.905 bits per heavy atom. The predicted octanol–water partition coefficient (Wildman–Crippen LogP) is 4.92. The molecule has 124 valence electrons. The van der Waals surface area contributed by atoms with Gasteiger partial charge in [-0.15, -0.1) is 0 Å². The summed E-state index contributed by atoms with van der Waals surface area (Å²) in [4.78, 5) is 0. The van der Waals surface area contributed by atoms with E-state index in [1.165, 1.54) is 32.1 Å². The lowest BCUT2D eigenvalue weighted by molar-refractivity contribution is -0.0957. The van der Waals surface area contributed by atoms with Gasteiger partial charge < -0.3 is 10.1 Å². The van der Waals surface area contributed by atoms with Crippen LogP contribution in [-0.4, -0.2) is 24.3 Å². The van der Waals surface area contributed by atoms with E-state index in [4.69, 9.17) is 4.74 Å². The fourth-order valence-corrected chi connectivity index (χ4v) is 5.21. The number of hydrogen-bond donors (Lipinski definition) is 1. The van der Waals surface area contributed by atoms with Crippen molar-refractivity contribution in [3.8, 4) is 0 Å². The van der Waals surface area contributed by atoms with Crippen molar-refractivity contribution in [2.45, 2.75) is 104 Å². The Bertz CT molecular complexity index is 327. The van der Waals surface area contributed by atoms with Crippen LogP contribution in [0, 0.1) is 10.8 Å². The van der Waals surface area contributed by atoms with Crippen LogP contribution in [0.25, 0.3) is 0 Å². The lowest BCUT2D eigenvalue weighted by Crippen LogP contribution is -2.52. The molecule has 0 bridgehead atoms. The number of rotatable bonds is 4. The number of hydrogen-bond acceptors (Lipinski definition) is 2. The van der Waals surface area contributed by atoms with Crippen LogP contribution in [0.1, 0.15) is 86.5 Å². The summed E-state index contributed by atoms with van der Waals surface area (Å²) in [6.45, 7) is 15.2. The second-order valence-electron chi connectivity index (χ2n) is 9.21. The van der Waals surface area contributed by atoms with Crippen molar-refractivity contribution >= 4 is 0 Å². The SMILES string of the molecule is CCC1(CC)CC(NC2CC(C)(C)CC(C)(C)C2)CCO1. The molecule has 21 heavy (non-hydrogen) atoms. The van der Waals surface area contributed by atoms with Crippen LogP contribution >= 0.6 is 0 Å². The van der Waals surface area contributed by atoms with Gasteiger partial charge in [-0.2, -0.15) is 0 Å². The Morgan fingerprint density at radius 3 is 2.00 bits per heavy atom. The minimum Gasteiger partial charge on any atom is -0.375 e. The van der Waals surface area contributed by atoms with E-state index in [2.05, 4.69) is 46.9 Å². The van der Waals surface area contributed by atoms with E-state index in [-0.39, 0.29) is 5.60 Å². The third kappa shape index (κ3) is 4.45.